The molecule has 0 spiro atoms. The summed E-state index contributed by atoms with van der Waals surface area (Å²) in [5.74, 6) is -1.48. The first-order chi connectivity index (χ1) is 18.6. The molecule has 9 nitrogen and oxygen atoms in total. The number of hydrogen-bond acceptors (Lipinski definition) is 6. The molecule has 2 aromatic rings. The van der Waals surface area contributed by atoms with Crippen molar-refractivity contribution in [1.29, 1.82) is 0 Å². The van der Waals surface area contributed by atoms with Crippen molar-refractivity contribution in [2.24, 2.45) is 5.41 Å². The van der Waals surface area contributed by atoms with Gasteiger partial charge in [-0.1, -0.05) is 94.3 Å². The minimum absolute atomic E-state index is 0.148. The summed E-state index contributed by atoms with van der Waals surface area (Å²) in [6.45, 7) is 8.20. The predicted octanol–water partition coefficient (Wildman–Crippen LogP) is 4.77. The highest BCUT2D eigenvalue weighted by Crippen LogP contribution is 2.32. The van der Waals surface area contributed by atoms with Crippen molar-refractivity contribution in [2.45, 2.75) is 71.8 Å². The summed E-state index contributed by atoms with van der Waals surface area (Å²) in [5, 5.41) is 5.31. The van der Waals surface area contributed by atoms with Gasteiger partial charge in [-0.15, -0.1) is 0 Å². The van der Waals surface area contributed by atoms with Crippen LogP contribution in [0.3, 0.4) is 0 Å². The second-order valence-electron chi connectivity index (χ2n) is 10.6. The molecule has 0 radical (unpaired) electrons. The fraction of sp³-hybridized carbons (Fsp3) is 0.467. The summed E-state index contributed by atoms with van der Waals surface area (Å²) in [6, 6.07) is 17.3. The molecule has 3 rings (SSSR count). The van der Waals surface area contributed by atoms with Crippen LogP contribution in [0.2, 0.25) is 0 Å². The number of ketones is 1. The maximum absolute atomic E-state index is 13.0. The molecule has 0 bridgehead atoms. The van der Waals surface area contributed by atoms with E-state index >= 15 is 0 Å². The van der Waals surface area contributed by atoms with Crippen molar-refractivity contribution in [1.82, 2.24) is 15.5 Å². The molecular formula is C30H39N3O6. The normalized spacial score (nSPS) is 17.5. The minimum Gasteiger partial charge on any atom is -0.445 e. The third-order valence-corrected chi connectivity index (χ3v) is 6.89. The Kier molecular flexibility index (Phi) is 10.5. The molecule has 1 aliphatic rings. The number of alkyl carbamates (subject to hydrolysis) is 1. The van der Waals surface area contributed by atoms with E-state index < -0.39 is 41.4 Å². The Morgan fingerprint density at radius 1 is 1.00 bits per heavy atom. The van der Waals surface area contributed by atoms with Crippen LogP contribution in [0.5, 0.6) is 0 Å². The third-order valence-electron chi connectivity index (χ3n) is 6.89. The first kappa shape index (κ1) is 29.7. The molecule has 2 N–H and O–H groups in total. The van der Waals surface area contributed by atoms with E-state index in [0.717, 1.165) is 17.5 Å². The number of Topliss-reactive ketones (excluding diaryl/α,β-unsaturated/α-hetero) is 1. The summed E-state index contributed by atoms with van der Waals surface area (Å²) >= 11 is 0. The van der Waals surface area contributed by atoms with Crippen LogP contribution in [0.1, 0.15) is 64.1 Å². The quantitative estimate of drug-likeness (QED) is 0.400. The van der Waals surface area contributed by atoms with Gasteiger partial charge in [0.1, 0.15) is 18.8 Å². The van der Waals surface area contributed by atoms with Crippen molar-refractivity contribution in [3.05, 3.63) is 71.8 Å². The molecule has 3 amide bonds. The third kappa shape index (κ3) is 8.56. The van der Waals surface area contributed by atoms with Crippen molar-refractivity contribution >= 4 is 23.9 Å². The van der Waals surface area contributed by atoms with E-state index in [1.165, 1.54) is 4.90 Å². The Morgan fingerprint density at radius 3 is 2.28 bits per heavy atom. The Morgan fingerprint density at radius 2 is 1.64 bits per heavy atom. The van der Waals surface area contributed by atoms with Gasteiger partial charge in [-0.3, -0.25) is 9.59 Å². The van der Waals surface area contributed by atoms with Crippen LogP contribution >= 0.6 is 0 Å². The van der Waals surface area contributed by atoms with Crippen LogP contribution in [0.15, 0.2) is 60.7 Å². The van der Waals surface area contributed by atoms with Crippen LogP contribution < -0.4 is 10.6 Å². The standard InChI is InChI=1S/C30H39N3O6/c1-5-6-17-24(26(34)27(35)31-21(2)23-15-11-8-12-16-23)32-28(36)39-25-18-33(20-30(25,3)4)29(37)38-19-22-13-9-7-10-14-22/h7-16,21,24-25H,5-6,17-20H2,1-4H3,(H,31,35)(H,32,36)/t21-,24+,25-/m1/s1. The zero-order valence-corrected chi connectivity index (χ0v) is 23.1. The number of carbonyl (C=O) groups is 4. The first-order valence-corrected chi connectivity index (χ1v) is 13.4. The van der Waals surface area contributed by atoms with Gasteiger partial charge in [-0.25, -0.2) is 9.59 Å². The van der Waals surface area contributed by atoms with Crippen molar-refractivity contribution in [2.75, 3.05) is 13.1 Å². The number of likely N-dealkylation sites (tertiary alicyclic amines) is 1. The van der Waals surface area contributed by atoms with Gasteiger partial charge in [0.15, 0.2) is 0 Å². The second kappa shape index (κ2) is 13.8. The second-order valence-corrected chi connectivity index (χ2v) is 10.6. The van der Waals surface area contributed by atoms with Gasteiger partial charge in [0.05, 0.1) is 12.6 Å². The Labute approximate surface area is 230 Å². The molecule has 0 aliphatic carbocycles. The molecule has 210 valence electrons. The lowest BCUT2D eigenvalue weighted by molar-refractivity contribution is -0.139. The SMILES string of the molecule is CCCC[C@H](NC(=O)O[C@@H]1CN(C(=O)OCc2ccccc2)CC1(C)C)C(=O)C(=O)N[C@H](C)c1ccccc1. The molecule has 9 heteroatoms. The first-order valence-electron chi connectivity index (χ1n) is 13.4. The lowest BCUT2D eigenvalue weighted by Gasteiger charge is -2.26. The minimum atomic E-state index is -1.02. The number of unbranched alkanes of at least 4 members (excludes halogenated alkanes) is 1. The Balaban J connectivity index is 1.56. The van der Waals surface area contributed by atoms with E-state index in [0.29, 0.717) is 19.4 Å². The van der Waals surface area contributed by atoms with Crippen molar-refractivity contribution in [3.63, 3.8) is 0 Å². The summed E-state index contributed by atoms with van der Waals surface area (Å²) in [7, 11) is 0. The van der Waals surface area contributed by atoms with Gasteiger partial charge in [0.2, 0.25) is 5.78 Å². The maximum Gasteiger partial charge on any atom is 0.410 e. The number of nitrogens with zero attached hydrogens (tertiary/aromatic N) is 1. The Bertz CT molecular complexity index is 1120. The van der Waals surface area contributed by atoms with E-state index in [1.54, 1.807) is 6.92 Å². The molecule has 1 fully saturated rings. The van der Waals surface area contributed by atoms with Gasteiger partial charge in [0.25, 0.3) is 5.91 Å². The van der Waals surface area contributed by atoms with Crippen molar-refractivity contribution < 1.29 is 28.7 Å². The van der Waals surface area contributed by atoms with Gasteiger partial charge in [0, 0.05) is 12.0 Å². The van der Waals surface area contributed by atoms with Gasteiger partial charge in [-0.05, 0) is 24.5 Å². The molecule has 2 aromatic carbocycles. The topological polar surface area (TPSA) is 114 Å². The average Bonchev–Trinajstić information content (AvgIpc) is 3.23. The molecule has 1 aliphatic heterocycles. The number of hydrogen-bond donors (Lipinski definition) is 2. The molecule has 39 heavy (non-hydrogen) atoms. The van der Waals surface area contributed by atoms with Crippen LogP contribution in [0.25, 0.3) is 0 Å². The number of amides is 3. The summed E-state index contributed by atoms with van der Waals surface area (Å²) < 4.78 is 11.1. The van der Waals surface area contributed by atoms with Crippen LogP contribution in [-0.4, -0.2) is 54.0 Å². The molecule has 0 unspecified atom stereocenters. The molecule has 1 heterocycles. The zero-order valence-electron chi connectivity index (χ0n) is 23.1. The van der Waals surface area contributed by atoms with E-state index in [9.17, 15) is 19.2 Å². The summed E-state index contributed by atoms with van der Waals surface area (Å²) in [6.07, 6.45) is -0.157. The monoisotopic (exact) mass is 537 g/mol. The molecule has 0 aromatic heterocycles. The van der Waals surface area contributed by atoms with Gasteiger partial charge >= 0.3 is 12.2 Å². The summed E-state index contributed by atoms with van der Waals surface area (Å²) in [4.78, 5) is 52.8. The van der Waals surface area contributed by atoms with E-state index in [4.69, 9.17) is 9.47 Å². The van der Waals surface area contributed by atoms with Crippen molar-refractivity contribution in [3.8, 4) is 0 Å². The molecule has 1 saturated heterocycles. The number of ether oxygens (including phenoxy) is 2. The number of benzene rings is 2. The largest absolute Gasteiger partial charge is 0.445 e. The maximum atomic E-state index is 13.0. The number of rotatable bonds is 11. The van der Waals surface area contributed by atoms with Crippen LogP contribution in [0, 0.1) is 5.41 Å². The fourth-order valence-electron chi connectivity index (χ4n) is 4.49. The van der Waals surface area contributed by atoms with Crippen LogP contribution in [-0.2, 0) is 25.7 Å². The zero-order chi connectivity index (χ0) is 28.4. The molecular weight excluding hydrogens is 498 g/mol. The van der Waals surface area contributed by atoms with Crippen LogP contribution in [0.4, 0.5) is 9.59 Å². The highest BCUT2D eigenvalue weighted by molar-refractivity contribution is 6.38. The molecule has 0 saturated carbocycles. The smallest absolute Gasteiger partial charge is 0.410 e. The highest BCUT2D eigenvalue weighted by Gasteiger charge is 2.45. The van der Waals surface area contributed by atoms with E-state index in [2.05, 4.69) is 10.6 Å². The fourth-order valence-corrected chi connectivity index (χ4v) is 4.49. The molecule has 3 atom stereocenters. The average molecular weight is 538 g/mol. The van der Waals surface area contributed by atoms with Gasteiger partial charge in [-0.2, -0.15) is 0 Å². The van der Waals surface area contributed by atoms with E-state index in [-0.39, 0.29) is 19.2 Å². The highest BCUT2D eigenvalue weighted by atomic mass is 16.6. The number of nitrogens with one attached hydrogen (secondary N) is 2. The van der Waals surface area contributed by atoms with Gasteiger partial charge < -0.3 is 25.0 Å². The summed E-state index contributed by atoms with van der Waals surface area (Å²) in [5.41, 5.74) is 1.21. The Hall–Kier alpha value is -3.88. The number of carbonyl (C=O) groups excluding carboxylic acids is 4. The lowest BCUT2D eigenvalue weighted by atomic mass is 9.90. The van der Waals surface area contributed by atoms with E-state index in [1.807, 2.05) is 81.4 Å². The lowest BCUT2D eigenvalue weighted by Crippen LogP contribution is -2.49. The predicted molar refractivity (Wildman–Crippen MR) is 147 cm³/mol.